The number of nitrogens with two attached hydrogens (primary N) is 1. The lowest BCUT2D eigenvalue weighted by atomic mass is 10.2. The number of hydrogen-bond acceptors (Lipinski definition) is 3. The SMILES string of the molecule is C=C(C)CNc1nc(C(F)(F)F)ccc1C(N)=O. The molecule has 0 bridgehead atoms. The summed E-state index contributed by atoms with van der Waals surface area (Å²) in [7, 11) is 0. The Labute approximate surface area is 102 Å². The van der Waals surface area contributed by atoms with Gasteiger partial charge in [-0.3, -0.25) is 4.79 Å². The number of nitrogens with zero attached hydrogens (tertiary/aromatic N) is 1. The first-order chi connectivity index (χ1) is 8.21. The largest absolute Gasteiger partial charge is 0.433 e. The molecule has 98 valence electrons. The van der Waals surface area contributed by atoms with Gasteiger partial charge in [0.25, 0.3) is 5.91 Å². The van der Waals surface area contributed by atoms with Crippen LogP contribution in [0.3, 0.4) is 0 Å². The van der Waals surface area contributed by atoms with E-state index in [1.54, 1.807) is 6.92 Å². The van der Waals surface area contributed by atoms with Gasteiger partial charge in [0.05, 0.1) is 5.56 Å². The molecule has 0 saturated carbocycles. The minimum absolute atomic E-state index is 0.0933. The van der Waals surface area contributed by atoms with Gasteiger partial charge in [0.15, 0.2) is 0 Å². The molecule has 0 aliphatic heterocycles. The molecular weight excluding hydrogens is 247 g/mol. The van der Waals surface area contributed by atoms with Crippen molar-refractivity contribution in [1.82, 2.24) is 4.98 Å². The van der Waals surface area contributed by atoms with E-state index in [1.165, 1.54) is 0 Å². The highest BCUT2D eigenvalue weighted by molar-refractivity contribution is 5.97. The van der Waals surface area contributed by atoms with Crippen LogP contribution in [0.1, 0.15) is 23.0 Å². The van der Waals surface area contributed by atoms with E-state index < -0.39 is 17.8 Å². The fourth-order valence-corrected chi connectivity index (χ4v) is 1.19. The van der Waals surface area contributed by atoms with Crippen molar-refractivity contribution >= 4 is 11.7 Å². The zero-order valence-corrected chi connectivity index (χ0v) is 9.64. The van der Waals surface area contributed by atoms with Crippen LogP contribution in [0, 0.1) is 0 Å². The summed E-state index contributed by atoms with van der Waals surface area (Å²) in [6.45, 7) is 5.48. The summed E-state index contributed by atoms with van der Waals surface area (Å²) in [5.74, 6) is -1.04. The highest BCUT2D eigenvalue weighted by Gasteiger charge is 2.33. The number of carbonyl (C=O) groups is 1. The maximum absolute atomic E-state index is 12.5. The van der Waals surface area contributed by atoms with Crippen molar-refractivity contribution in [2.45, 2.75) is 13.1 Å². The van der Waals surface area contributed by atoms with E-state index >= 15 is 0 Å². The number of rotatable bonds is 4. The molecule has 1 aromatic heterocycles. The minimum Gasteiger partial charge on any atom is -0.366 e. The van der Waals surface area contributed by atoms with Crippen LogP contribution in [0.15, 0.2) is 24.3 Å². The van der Waals surface area contributed by atoms with Crippen molar-refractivity contribution in [3.63, 3.8) is 0 Å². The van der Waals surface area contributed by atoms with Crippen LogP contribution in [0.5, 0.6) is 0 Å². The van der Waals surface area contributed by atoms with Crippen LogP contribution in [-0.2, 0) is 6.18 Å². The molecule has 0 atom stereocenters. The maximum atomic E-state index is 12.5. The second-order valence-corrected chi connectivity index (χ2v) is 3.77. The van der Waals surface area contributed by atoms with E-state index in [1.807, 2.05) is 0 Å². The number of anilines is 1. The van der Waals surface area contributed by atoms with Crippen molar-refractivity contribution in [3.8, 4) is 0 Å². The Hall–Kier alpha value is -2.05. The van der Waals surface area contributed by atoms with Gasteiger partial charge < -0.3 is 11.1 Å². The average molecular weight is 259 g/mol. The number of amides is 1. The molecule has 1 amide bonds. The Morgan fingerprint density at radius 1 is 1.50 bits per heavy atom. The van der Waals surface area contributed by atoms with Crippen LogP contribution < -0.4 is 11.1 Å². The first-order valence-corrected chi connectivity index (χ1v) is 4.98. The van der Waals surface area contributed by atoms with E-state index in [0.29, 0.717) is 11.6 Å². The predicted octanol–water partition coefficient (Wildman–Crippen LogP) is 2.19. The summed E-state index contributed by atoms with van der Waals surface area (Å²) in [5.41, 5.74) is 4.56. The van der Waals surface area contributed by atoms with Gasteiger partial charge in [-0.1, -0.05) is 12.2 Å². The lowest BCUT2D eigenvalue weighted by Crippen LogP contribution is -2.18. The van der Waals surface area contributed by atoms with E-state index in [-0.39, 0.29) is 17.9 Å². The fourth-order valence-electron chi connectivity index (χ4n) is 1.19. The molecule has 1 heterocycles. The molecule has 18 heavy (non-hydrogen) atoms. The van der Waals surface area contributed by atoms with Crippen LogP contribution in [0.25, 0.3) is 0 Å². The molecule has 0 unspecified atom stereocenters. The van der Waals surface area contributed by atoms with Crippen molar-refractivity contribution in [2.75, 3.05) is 11.9 Å². The Balaban J connectivity index is 3.15. The molecular formula is C11H12F3N3O. The van der Waals surface area contributed by atoms with E-state index in [2.05, 4.69) is 16.9 Å². The van der Waals surface area contributed by atoms with E-state index in [9.17, 15) is 18.0 Å². The van der Waals surface area contributed by atoms with Gasteiger partial charge in [0.1, 0.15) is 11.5 Å². The first-order valence-electron chi connectivity index (χ1n) is 4.98. The van der Waals surface area contributed by atoms with E-state index in [0.717, 1.165) is 6.07 Å². The third-order valence-corrected chi connectivity index (χ3v) is 2.01. The Kier molecular flexibility index (Phi) is 3.95. The monoisotopic (exact) mass is 259 g/mol. The standard InChI is InChI=1S/C11H12F3N3O/c1-6(2)5-16-10-7(9(15)18)3-4-8(17-10)11(12,13)14/h3-4H,1,5H2,2H3,(H2,15,18)(H,16,17). The van der Waals surface area contributed by atoms with Gasteiger partial charge in [-0.15, -0.1) is 0 Å². The molecule has 0 aliphatic rings. The van der Waals surface area contributed by atoms with Crippen LogP contribution in [0.2, 0.25) is 0 Å². The van der Waals surface area contributed by atoms with Gasteiger partial charge in [-0.25, -0.2) is 4.98 Å². The molecule has 4 nitrogen and oxygen atoms in total. The zero-order chi connectivity index (χ0) is 13.9. The van der Waals surface area contributed by atoms with Gasteiger partial charge in [-0.05, 0) is 19.1 Å². The number of primary amides is 1. The molecule has 0 aliphatic carbocycles. The highest BCUT2D eigenvalue weighted by atomic mass is 19.4. The number of aromatic nitrogens is 1. The summed E-state index contributed by atoms with van der Waals surface area (Å²) in [5, 5.41) is 2.60. The second-order valence-electron chi connectivity index (χ2n) is 3.77. The summed E-state index contributed by atoms with van der Waals surface area (Å²) >= 11 is 0. The third-order valence-electron chi connectivity index (χ3n) is 2.01. The van der Waals surface area contributed by atoms with Gasteiger partial charge in [-0.2, -0.15) is 13.2 Å². The summed E-state index contributed by atoms with van der Waals surface area (Å²) in [4.78, 5) is 14.4. The second kappa shape index (κ2) is 5.07. The number of carbonyl (C=O) groups excluding carboxylic acids is 1. The quantitative estimate of drug-likeness (QED) is 0.814. The number of nitrogens with one attached hydrogen (secondary N) is 1. The number of hydrogen-bond donors (Lipinski definition) is 2. The molecule has 7 heteroatoms. The third kappa shape index (κ3) is 3.47. The molecule has 0 aromatic carbocycles. The van der Waals surface area contributed by atoms with Gasteiger partial charge in [0.2, 0.25) is 0 Å². The zero-order valence-electron chi connectivity index (χ0n) is 9.64. The van der Waals surface area contributed by atoms with Gasteiger partial charge in [0, 0.05) is 6.54 Å². The van der Waals surface area contributed by atoms with Crippen LogP contribution in [-0.4, -0.2) is 17.4 Å². The minimum atomic E-state index is -4.57. The van der Waals surface area contributed by atoms with Gasteiger partial charge >= 0.3 is 6.18 Å². The number of pyridine rings is 1. The lowest BCUT2D eigenvalue weighted by Gasteiger charge is -2.12. The molecule has 1 aromatic rings. The van der Waals surface area contributed by atoms with Crippen molar-refractivity contribution in [3.05, 3.63) is 35.5 Å². The number of alkyl halides is 3. The highest BCUT2D eigenvalue weighted by Crippen LogP contribution is 2.29. The fraction of sp³-hybridized carbons (Fsp3) is 0.273. The molecule has 0 saturated heterocycles. The summed E-state index contributed by atoms with van der Waals surface area (Å²) in [6.07, 6.45) is -4.57. The summed E-state index contributed by atoms with van der Waals surface area (Å²) in [6, 6.07) is 1.71. The Morgan fingerprint density at radius 3 is 2.56 bits per heavy atom. The van der Waals surface area contributed by atoms with Crippen LogP contribution >= 0.6 is 0 Å². The maximum Gasteiger partial charge on any atom is 0.433 e. The molecule has 1 rings (SSSR count). The first kappa shape index (κ1) is 14.0. The van der Waals surface area contributed by atoms with Crippen molar-refractivity contribution in [2.24, 2.45) is 5.73 Å². The molecule has 0 fully saturated rings. The molecule has 3 N–H and O–H groups in total. The topological polar surface area (TPSA) is 68.0 Å². The smallest absolute Gasteiger partial charge is 0.366 e. The Bertz CT molecular complexity index is 483. The molecule has 0 spiro atoms. The molecule has 0 radical (unpaired) electrons. The van der Waals surface area contributed by atoms with Crippen molar-refractivity contribution < 1.29 is 18.0 Å². The van der Waals surface area contributed by atoms with Crippen LogP contribution in [0.4, 0.5) is 19.0 Å². The number of halogens is 3. The predicted molar refractivity (Wildman–Crippen MR) is 61.1 cm³/mol. The van der Waals surface area contributed by atoms with E-state index in [4.69, 9.17) is 5.73 Å². The normalized spacial score (nSPS) is 11.1. The lowest BCUT2D eigenvalue weighted by molar-refractivity contribution is -0.141. The Morgan fingerprint density at radius 2 is 2.11 bits per heavy atom. The summed E-state index contributed by atoms with van der Waals surface area (Å²) < 4.78 is 37.4. The van der Waals surface area contributed by atoms with Crippen molar-refractivity contribution in [1.29, 1.82) is 0 Å². The average Bonchev–Trinajstić information content (AvgIpc) is 2.24.